The maximum absolute atomic E-state index is 12.4. The number of rotatable bonds is 6. The van der Waals surface area contributed by atoms with E-state index in [0.29, 0.717) is 18.8 Å². The largest absolute Gasteiger partial charge is 0.354 e. The minimum Gasteiger partial charge on any atom is -0.354 e. The molecule has 2 heterocycles. The first-order chi connectivity index (χ1) is 13.4. The molecule has 0 fully saturated rings. The van der Waals surface area contributed by atoms with Crippen LogP contribution in [0.2, 0.25) is 0 Å². The van der Waals surface area contributed by atoms with Crippen molar-refractivity contribution in [1.29, 1.82) is 0 Å². The van der Waals surface area contributed by atoms with Crippen LogP contribution in [0.3, 0.4) is 0 Å². The van der Waals surface area contributed by atoms with E-state index in [0.717, 1.165) is 28.3 Å². The number of nitrogens with zero attached hydrogens (tertiary/aromatic N) is 4. The smallest absolute Gasteiger partial charge is 0.348 e. The van der Waals surface area contributed by atoms with Gasteiger partial charge in [-0.25, -0.2) is 9.48 Å². The summed E-state index contributed by atoms with van der Waals surface area (Å²) < 4.78 is 3.43. The first-order valence-corrected chi connectivity index (χ1v) is 9.29. The van der Waals surface area contributed by atoms with Gasteiger partial charge in [0, 0.05) is 35.7 Å². The lowest BCUT2D eigenvalue weighted by Gasteiger charge is -2.11. The number of para-hydroxylation sites is 1. The number of hydrogen-bond donors (Lipinski definition) is 1. The molecule has 3 rings (SSSR count). The zero-order valence-electron chi connectivity index (χ0n) is 16.7. The summed E-state index contributed by atoms with van der Waals surface area (Å²) in [5, 5.41) is 7.46. The molecular formula is C21H25N5O2. The molecule has 146 valence electrons. The van der Waals surface area contributed by atoms with Gasteiger partial charge in [-0.05, 0) is 45.9 Å². The average molecular weight is 379 g/mol. The van der Waals surface area contributed by atoms with Gasteiger partial charge in [-0.2, -0.15) is 10.1 Å². The zero-order chi connectivity index (χ0) is 20.3. The van der Waals surface area contributed by atoms with E-state index in [2.05, 4.69) is 15.4 Å². The minimum atomic E-state index is -0.289. The third kappa shape index (κ3) is 4.19. The Hall–Kier alpha value is -3.22. The van der Waals surface area contributed by atoms with Crippen molar-refractivity contribution in [3.8, 4) is 5.69 Å². The molecule has 0 bridgehead atoms. The summed E-state index contributed by atoms with van der Waals surface area (Å²) >= 11 is 0. The number of carbonyl (C=O) groups is 1. The van der Waals surface area contributed by atoms with E-state index in [1.165, 1.54) is 0 Å². The van der Waals surface area contributed by atoms with Crippen molar-refractivity contribution in [1.82, 2.24) is 24.6 Å². The molecule has 3 aromatic rings. The van der Waals surface area contributed by atoms with Crippen molar-refractivity contribution >= 4 is 5.91 Å². The van der Waals surface area contributed by atoms with E-state index in [9.17, 15) is 9.59 Å². The lowest BCUT2D eigenvalue weighted by Crippen LogP contribution is -2.33. The Morgan fingerprint density at radius 3 is 2.50 bits per heavy atom. The first-order valence-electron chi connectivity index (χ1n) is 9.29. The van der Waals surface area contributed by atoms with Crippen molar-refractivity contribution in [2.45, 2.75) is 40.7 Å². The second-order valence-electron chi connectivity index (χ2n) is 6.90. The van der Waals surface area contributed by atoms with E-state index in [1.807, 2.05) is 61.9 Å². The fourth-order valence-electron chi connectivity index (χ4n) is 3.33. The molecule has 2 aromatic heterocycles. The van der Waals surface area contributed by atoms with E-state index in [-0.39, 0.29) is 18.0 Å². The standard InChI is InChI=1S/C21H25N5O2/c1-14-12-15(2)25(21(28)23-14)11-10-22-20(27)13-19-16(3)24-26(17(19)4)18-8-6-5-7-9-18/h5-9,12H,10-11,13H2,1-4H3,(H,22,27). The van der Waals surface area contributed by atoms with Crippen LogP contribution < -0.4 is 11.0 Å². The lowest BCUT2D eigenvalue weighted by molar-refractivity contribution is -0.120. The van der Waals surface area contributed by atoms with Gasteiger partial charge in [0.25, 0.3) is 0 Å². The SMILES string of the molecule is Cc1cc(C)n(CCNC(=O)Cc2c(C)nn(-c3ccccc3)c2C)c(=O)n1. The van der Waals surface area contributed by atoms with E-state index in [1.54, 1.807) is 11.5 Å². The Balaban J connectivity index is 1.65. The van der Waals surface area contributed by atoms with Gasteiger partial charge < -0.3 is 5.32 Å². The number of nitrogens with one attached hydrogen (secondary N) is 1. The molecule has 1 aromatic carbocycles. The van der Waals surface area contributed by atoms with Gasteiger partial charge >= 0.3 is 5.69 Å². The Bertz CT molecular complexity index is 1050. The van der Waals surface area contributed by atoms with Crippen LogP contribution in [-0.4, -0.2) is 31.8 Å². The Kier molecular flexibility index (Phi) is 5.73. The highest BCUT2D eigenvalue weighted by Crippen LogP contribution is 2.18. The normalized spacial score (nSPS) is 10.9. The van der Waals surface area contributed by atoms with E-state index < -0.39 is 0 Å². The first kappa shape index (κ1) is 19.5. The molecule has 0 saturated carbocycles. The number of aromatic nitrogens is 4. The monoisotopic (exact) mass is 379 g/mol. The average Bonchev–Trinajstić information content (AvgIpc) is 2.93. The molecule has 0 aliphatic carbocycles. The second-order valence-corrected chi connectivity index (χ2v) is 6.90. The molecule has 0 saturated heterocycles. The number of hydrogen-bond acceptors (Lipinski definition) is 4. The number of aryl methyl sites for hydroxylation is 3. The predicted molar refractivity (Wildman–Crippen MR) is 108 cm³/mol. The summed E-state index contributed by atoms with van der Waals surface area (Å²) in [5.41, 5.74) is 4.93. The summed E-state index contributed by atoms with van der Waals surface area (Å²) in [6.07, 6.45) is 0.254. The van der Waals surface area contributed by atoms with Gasteiger partial charge in [0.2, 0.25) is 5.91 Å². The molecule has 0 aliphatic rings. The van der Waals surface area contributed by atoms with Crippen molar-refractivity contribution in [2.24, 2.45) is 0 Å². The van der Waals surface area contributed by atoms with Crippen LogP contribution in [-0.2, 0) is 17.8 Å². The summed E-state index contributed by atoms with van der Waals surface area (Å²) in [7, 11) is 0. The Morgan fingerprint density at radius 1 is 1.11 bits per heavy atom. The van der Waals surface area contributed by atoms with Gasteiger partial charge in [0.05, 0.1) is 17.8 Å². The lowest BCUT2D eigenvalue weighted by atomic mass is 10.1. The highest BCUT2D eigenvalue weighted by atomic mass is 16.2. The summed E-state index contributed by atoms with van der Waals surface area (Å²) in [4.78, 5) is 28.3. The van der Waals surface area contributed by atoms with Crippen molar-refractivity contribution in [2.75, 3.05) is 6.54 Å². The van der Waals surface area contributed by atoms with E-state index in [4.69, 9.17) is 0 Å². The van der Waals surface area contributed by atoms with Gasteiger partial charge in [-0.15, -0.1) is 0 Å². The summed E-state index contributed by atoms with van der Waals surface area (Å²) in [5.74, 6) is -0.0930. The van der Waals surface area contributed by atoms with Crippen LogP contribution in [0, 0.1) is 27.7 Å². The van der Waals surface area contributed by atoms with Crippen LogP contribution in [0.25, 0.3) is 5.69 Å². The third-order valence-electron chi connectivity index (χ3n) is 4.78. The maximum Gasteiger partial charge on any atom is 0.348 e. The molecular weight excluding hydrogens is 354 g/mol. The maximum atomic E-state index is 12.4. The van der Waals surface area contributed by atoms with Crippen LogP contribution in [0.5, 0.6) is 0 Å². The molecule has 7 nitrogen and oxygen atoms in total. The number of benzene rings is 1. The quantitative estimate of drug-likeness (QED) is 0.710. The van der Waals surface area contributed by atoms with E-state index >= 15 is 0 Å². The molecule has 1 N–H and O–H groups in total. The van der Waals surface area contributed by atoms with Gasteiger partial charge in [0.15, 0.2) is 0 Å². The van der Waals surface area contributed by atoms with Crippen molar-refractivity contribution in [3.05, 3.63) is 75.2 Å². The van der Waals surface area contributed by atoms with Crippen LogP contribution in [0.4, 0.5) is 0 Å². The van der Waals surface area contributed by atoms with Gasteiger partial charge in [0.1, 0.15) is 0 Å². The Labute approximate surface area is 164 Å². The molecule has 28 heavy (non-hydrogen) atoms. The van der Waals surface area contributed by atoms with Crippen LogP contribution >= 0.6 is 0 Å². The van der Waals surface area contributed by atoms with Gasteiger partial charge in [-0.1, -0.05) is 18.2 Å². The molecule has 0 unspecified atom stereocenters. The second kappa shape index (κ2) is 8.21. The van der Waals surface area contributed by atoms with Crippen LogP contribution in [0.15, 0.2) is 41.2 Å². The topological polar surface area (TPSA) is 81.8 Å². The molecule has 0 radical (unpaired) electrons. The van der Waals surface area contributed by atoms with Crippen LogP contribution in [0.1, 0.15) is 28.3 Å². The fraction of sp³-hybridized carbons (Fsp3) is 0.333. The molecule has 0 spiro atoms. The van der Waals surface area contributed by atoms with Crippen molar-refractivity contribution in [3.63, 3.8) is 0 Å². The fourth-order valence-corrected chi connectivity index (χ4v) is 3.33. The molecule has 1 amide bonds. The zero-order valence-corrected chi connectivity index (χ0v) is 16.7. The Morgan fingerprint density at radius 2 is 1.82 bits per heavy atom. The van der Waals surface area contributed by atoms with Gasteiger partial charge in [-0.3, -0.25) is 9.36 Å². The molecule has 0 aliphatic heterocycles. The minimum absolute atomic E-state index is 0.0930. The molecule has 7 heteroatoms. The van der Waals surface area contributed by atoms with Crippen molar-refractivity contribution < 1.29 is 4.79 Å². The summed E-state index contributed by atoms with van der Waals surface area (Å²) in [6, 6.07) is 11.7. The highest BCUT2D eigenvalue weighted by Gasteiger charge is 2.15. The predicted octanol–water partition coefficient (Wildman–Crippen LogP) is 2.02. The molecule has 0 atom stereocenters. The highest BCUT2D eigenvalue weighted by molar-refractivity contribution is 5.79. The number of amides is 1. The third-order valence-corrected chi connectivity index (χ3v) is 4.78. The number of carbonyl (C=O) groups excluding carboxylic acids is 1. The summed E-state index contributed by atoms with van der Waals surface area (Å²) in [6.45, 7) is 8.30.